The third kappa shape index (κ3) is 7.10. The van der Waals surface area contributed by atoms with Crippen LogP contribution in [0.25, 0.3) is 11.1 Å². The number of nitrogens with one attached hydrogen (secondary N) is 1. The van der Waals surface area contributed by atoms with Crippen LogP contribution in [0.5, 0.6) is 5.75 Å². The van der Waals surface area contributed by atoms with Crippen LogP contribution in [0.3, 0.4) is 0 Å². The molecule has 8 nitrogen and oxygen atoms in total. The van der Waals surface area contributed by atoms with E-state index in [1.54, 1.807) is 47.6 Å². The van der Waals surface area contributed by atoms with Gasteiger partial charge in [0.05, 0.1) is 23.9 Å². The number of ether oxygens (including phenoxy) is 1. The summed E-state index contributed by atoms with van der Waals surface area (Å²) in [6, 6.07) is 26.9. The van der Waals surface area contributed by atoms with Crippen LogP contribution in [-0.4, -0.2) is 70.6 Å². The minimum Gasteiger partial charge on any atom is -0.486 e. The van der Waals surface area contributed by atoms with Crippen molar-refractivity contribution < 1.29 is 19.4 Å². The van der Waals surface area contributed by atoms with Crippen molar-refractivity contribution in [3.05, 3.63) is 114 Å². The number of para-hydroxylation sites is 1. The molecule has 1 aliphatic rings. The Morgan fingerprint density at radius 1 is 1.02 bits per heavy atom. The Morgan fingerprint density at radius 2 is 1.72 bits per heavy atom. The van der Waals surface area contributed by atoms with E-state index in [9.17, 15) is 14.7 Å². The number of aliphatic hydroxyl groups excluding tert-OH is 1. The maximum atomic E-state index is 13.7. The average Bonchev–Trinajstić information content (AvgIpc) is 3.03. The molecule has 8 heteroatoms. The van der Waals surface area contributed by atoms with Gasteiger partial charge in [-0.05, 0) is 54.9 Å². The number of benzene rings is 3. The Labute approximate surface area is 252 Å². The zero-order valence-corrected chi connectivity index (χ0v) is 24.8. The molecule has 0 saturated carbocycles. The number of carbonyl (C=O) groups excluding carboxylic acids is 2. The van der Waals surface area contributed by atoms with E-state index >= 15 is 0 Å². The van der Waals surface area contributed by atoms with Gasteiger partial charge < -0.3 is 20.1 Å². The van der Waals surface area contributed by atoms with Crippen molar-refractivity contribution in [1.82, 2.24) is 14.8 Å². The molecule has 0 fully saturated rings. The fraction of sp³-hybridized carbons (Fsp3) is 0.286. The van der Waals surface area contributed by atoms with E-state index in [4.69, 9.17) is 4.74 Å². The van der Waals surface area contributed by atoms with Crippen molar-refractivity contribution in [3.8, 4) is 16.9 Å². The number of nitrogens with zero attached hydrogens (tertiary/aromatic N) is 3. The summed E-state index contributed by atoms with van der Waals surface area (Å²) in [6.07, 6.45) is 2.82. The van der Waals surface area contributed by atoms with E-state index in [0.29, 0.717) is 42.2 Å². The van der Waals surface area contributed by atoms with E-state index in [0.717, 1.165) is 0 Å². The first-order valence-corrected chi connectivity index (χ1v) is 14.6. The number of anilines is 1. The van der Waals surface area contributed by atoms with Crippen molar-refractivity contribution in [2.75, 3.05) is 32.1 Å². The van der Waals surface area contributed by atoms with Gasteiger partial charge in [-0.1, -0.05) is 67.6 Å². The molecule has 222 valence electrons. The van der Waals surface area contributed by atoms with Crippen LogP contribution >= 0.6 is 0 Å². The lowest BCUT2D eigenvalue weighted by atomic mass is 9.98. The predicted molar refractivity (Wildman–Crippen MR) is 168 cm³/mol. The van der Waals surface area contributed by atoms with E-state index in [1.807, 2.05) is 25.1 Å². The molecule has 2 N–H and O–H groups in total. The fourth-order valence-electron chi connectivity index (χ4n) is 5.37. The summed E-state index contributed by atoms with van der Waals surface area (Å²) in [5.74, 6) is -0.288. The standard InChI is InChI=1S/C35H38N4O4/c1-24-20-39(25(2)23-40)35(42)30-10-7-11-31(37-34(41)29-16-18-36-19-17-29)33(30)43-32(24)22-38(3)21-26-12-14-28(15-13-26)27-8-5-4-6-9-27/h4-19,24-25,32,40H,20-23H2,1-3H3,(H,37,41)/t24-,25-,32-/m1/s1. The Morgan fingerprint density at radius 3 is 2.42 bits per heavy atom. The van der Waals surface area contributed by atoms with Crippen molar-refractivity contribution in [2.45, 2.75) is 32.5 Å². The third-order valence-corrected chi connectivity index (χ3v) is 7.89. The Kier molecular flexibility index (Phi) is 9.49. The van der Waals surface area contributed by atoms with Gasteiger partial charge in [0.15, 0.2) is 5.75 Å². The van der Waals surface area contributed by atoms with Crippen LogP contribution in [0.1, 0.15) is 40.1 Å². The van der Waals surface area contributed by atoms with Gasteiger partial charge in [-0.3, -0.25) is 19.5 Å². The van der Waals surface area contributed by atoms with Gasteiger partial charge in [-0.2, -0.15) is 0 Å². The number of pyridine rings is 1. The first-order valence-electron chi connectivity index (χ1n) is 14.6. The maximum Gasteiger partial charge on any atom is 0.258 e. The molecule has 2 heterocycles. The highest BCUT2D eigenvalue weighted by Crippen LogP contribution is 2.35. The first-order chi connectivity index (χ1) is 20.8. The first kappa shape index (κ1) is 29.9. The van der Waals surface area contributed by atoms with Gasteiger partial charge in [0.25, 0.3) is 11.8 Å². The average molecular weight is 579 g/mol. The molecular formula is C35H38N4O4. The minimum absolute atomic E-state index is 0.0574. The molecule has 0 spiro atoms. The number of likely N-dealkylation sites (N-methyl/N-ethyl adjacent to an activating group) is 1. The summed E-state index contributed by atoms with van der Waals surface area (Å²) in [7, 11) is 2.05. The van der Waals surface area contributed by atoms with E-state index in [2.05, 4.69) is 65.6 Å². The number of rotatable bonds is 9. The zero-order valence-electron chi connectivity index (χ0n) is 24.8. The van der Waals surface area contributed by atoms with E-state index in [-0.39, 0.29) is 36.5 Å². The molecular weight excluding hydrogens is 540 g/mol. The topological polar surface area (TPSA) is 95.0 Å². The van der Waals surface area contributed by atoms with E-state index in [1.165, 1.54) is 16.7 Å². The van der Waals surface area contributed by atoms with Crippen LogP contribution in [0.15, 0.2) is 97.3 Å². The highest BCUT2D eigenvalue weighted by Gasteiger charge is 2.34. The molecule has 43 heavy (non-hydrogen) atoms. The SMILES string of the molecule is C[C@@H]1CN([C@H](C)CO)C(=O)c2cccc(NC(=O)c3ccncc3)c2O[C@@H]1CN(C)Cc1ccc(-c2ccccc2)cc1. The van der Waals surface area contributed by atoms with Crippen molar-refractivity contribution in [1.29, 1.82) is 0 Å². The number of aliphatic hydroxyl groups is 1. The Balaban J connectivity index is 1.39. The van der Waals surface area contributed by atoms with Gasteiger partial charge in [0, 0.05) is 43.5 Å². The number of hydrogen-bond acceptors (Lipinski definition) is 6. The lowest BCUT2D eigenvalue weighted by molar-refractivity contribution is 0.0343. The van der Waals surface area contributed by atoms with Gasteiger partial charge in [0.1, 0.15) is 6.10 Å². The minimum atomic E-state index is -0.377. The second-order valence-electron chi connectivity index (χ2n) is 11.3. The quantitative estimate of drug-likeness (QED) is 0.278. The van der Waals surface area contributed by atoms with Gasteiger partial charge in [-0.25, -0.2) is 0 Å². The molecule has 0 bridgehead atoms. The van der Waals surface area contributed by atoms with E-state index < -0.39 is 0 Å². The van der Waals surface area contributed by atoms with Crippen LogP contribution in [-0.2, 0) is 6.54 Å². The summed E-state index contributed by atoms with van der Waals surface area (Å²) in [4.78, 5) is 34.7. The fourth-order valence-corrected chi connectivity index (χ4v) is 5.37. The largest absolute Gasteiger partial charge is 0.486 e. The van der Waals surface area contributed by atoms with Crippen LogP contribution in [0.2, 0.25) is 0 Å². The second-order valence-corrected chi connectivity index (χ2v) is 11.3. The summed E-state index contributed by atoms with van der Waals surface area (Å²) in [6.45, 7) is 5.46. The summed E-state index contributed by atoms with van der Waals surface area (Å²) in [5, 5.41) is 12.9. The lowest BCUT2D eigenvalue weighted by Crippen LogP contribution is -2.49. The molecule has 0 radical (unpaired) electrons. The van der Waals surface area contributed by atoms with Crippen molar-refractivity contribution in [2.24, 2.45) is 5.92 Å². The molecule has 5 rings (SSSR count). The lowest BCUT2D eigenvalue weighted by Gasteiger charge is -2.38. The number of carbonyl (C=O) groups is 2. The van der Waals surface area contributed by atoms with Gasteiger partial charge in [0.2, 0.25) is 0 Å². The number of fused-ring (bicyclic) bond motifs is 1. The van der Waals surface area contributed by atoms with Crippen LogP contribution < -0.4 is 10.1 Å². The smallest absolute Gasteiger partial charge is 0.258 e. The number of amides is 2. The van der Waals surface area contributed by atoms with Crippen molar-refractivity contribution >= 4 is 17.5 Å². The summed E-state index contributed by atoms with van der Waals surface area (Å²) in [5.41, 5.74) is 4.75. The normalized spacial score (nSPS) is 17.4. The maximum absolute atomic E-state index is 13.7. The monoisotopic (exact) mass is 578 g/mol. The van der Waals surface area contributed by atoms with Crippen LogP contribution in [0.4, 0.5) is 5.69 Å². The third-order valence-electron chi connectivity index (χ3n) is 7.89. The highest BCUT2D eigenvalue weighted by atomic mass is 16.5. The number of aromatic nitrogens is 1. The van der Waals surface area contributed by atoms with Crippen molar-refractivity contribution in [3.63, 3.8) is 0 Å². The second kappa shape index (κ2) is 13.6. The summed E-state index contributed by atoms with van der Waals surface area (Å²) >= 11 is 0. The molecule has 1 aromatic heterocycles. The Hall–Kier alpha value is -4.53. The van der Waals surface area contributed by atoms with Gasteiger partial charge in [-0.15, -0.1) is 0 Å². The molecule has 0 saturated heterocycles. The zero-order chi connectivity index (χ0) is 30.3. The molecule has 3 aromatic carbocycles. The highest BCUT2D eigenvalue weighted by molar-refractivity contribution is 6.07. The summed E-state index contributed by atoms with van der Waals surface area (Å²) < 4.78 is 6.66. The molecule has 1 aliphatic heterocycles. The molecule has 3 atom stereocenters. The molecule has 0 aliphatic carbocycles. The number of hydrogen-bond donors (Lipinski definition) is 2. The van der Waals surface area contributed by atoms with Crippen LogP contribution in [0, 0.1) is 5.92 Å². The Bertz CT molecular complexity index is 1530. The molecule has 0 unspecified atom stereocenters. The molecule has 2 amide bonds. The van der Waals surface area contributed by atoms with Gasteiger partial charge >= 0.3 is 0 Å². The predicted octanol–water partition coefficient (Wildman–Crippen LogP) is 5.35. The molecule has 4 aromatic rings.